The van der Waals surface area contributed by atoms with Crippen LogP contribution in [0.3, 0.4) is 0 Å². The molecule has 4 heteroatoms. The maximum atomic E-state index is 3.84. The van der Waals surface area contributed by atoms with Crippen molar-refractivity contribution in [2.45, 2.75) is 0 Å². The number of rotatable bonds is 0. The molecule has 4 heavy (non-hydrogen) atoms. The number of hydrogen-bond acceptors (Lipinski definition) is 0. The standard InChI is InChI=1S/Fe.2P.Zn. The third-order valence-electron chi connectivity index (χ3n) is 0. The predicted molar refractivity (Wildman–Crippen MR) is 13.8 cm³/mol. The number of hydrogen-bond donors (Lipinski definition) is 0. The van der Waals surface area contributed by atoms with Gasteiger partial charge in [0.2, 0.25) is 0 Å². The molecule has 0 rings (SSSR count). The van der Waals surface area contributed by atoms with Crippen LogP contribution in [0.1, 0.15) is 0 Å². The van der Waals surface area contributed by atoms with Gasteiger partial charge in [-0.25, -0.2) is 0 Å². The molecule has 0 aliphatic rings. The van der Waals surface area contributed by atoms with Crippen LogP contribution in [-0.2, 0) is 31.8 Å². The SMILES string of the molecule is [Fe].[P]#[Zn]#[P]. The topological polar surface area (TPSA) is 0 Å². The molecule has 0 aromatic rings. The van der Waals surface area contributed by atoms with Crippen molar-refractivity contribution in [2.24, 2.45) is 0 Å². The molecular weight excluding hydrogens is 183 g/mol. The summed E-state index contributed by atoms with van der Waals surface area (Å²) in [5.41, 5.74) is 0. The van der Waals surface area contributed by atoms with Crippen LogP contribution < -0.4 is 0 Å². The Morgan fingerprint density at radius 1 is 1.25 bits per heavy atom. The molecule has 0 aromatic heterocycles. The predicted octanol–water partition coefficient (Wildman–Crippen LogP) is 1.72. The van der Waals surface area contributed by atoms with Crippen molar-refractivity contribution in [1.82, 2.24) is 0 Å². The normalized spacial score (nSPS) is 4.50. The quantitative estimate of drug-likeness (QED) is 0.396. The Morgan fingerprint density at radius 2 is 1.25 bits per heavy atom. The van der Waals surface area contributed by atoms with Crippen LogP contribution in [0.2, 0.25) is 0 Å². The minimum atomic E-state index is -0.486. The molecule has 0 radical (unpaired) electrons. The van der Waals surface area contributed by atoms with Crippen molar-refractivity contribution in [1.29, 1.82) is 0 Å². The zero-order chi connectivity index (χ0) is 2.71. The fraction of sp³-hybridized carbons (Fsp3) is 0. The van der Waals surface area contributed by atoms with Gasteiger partial charge in [-0.1, -0.05) is 0 Å². The van der Waals surface area contributed by atoms with Gasteiger partial charge in [0.15, 0.2) is 0 Å². The summed E-state index contributed by atoms with van der Waals surface area (Å²) in [6.45, 7) is 7.68. The van der Waals surface area contributed by atoms with Gasteiger partial charge in [-0.2, -0.15) is 0 Å². The Balaban J connectivity index is 0. The molecule has 0 aromatic carbocycles. The van der Waals surface area contributed by atoms with Crippen molar-refractivity contribution in [3.05, 3.63) is 0 Å². The molecule has 0 nitrogen and oxygen atoms in total. The monoisotopic (exact) mass is 182 g/mol. The van der Waals surface area contributed by atoms with E-state index in [1.54, 1.807) is 0 Å². The second-order valence-corrected chi connectivity index (χ2v) is 6.61. The molecule has 0 saturated carbocycles. The van der Waals surface area contributed by atoms with Gasteiger partial charge in [-0.05, 0) is 0 Å². The van der Waals surface area contributed by atoms with Gasteiger partial charge in [0, 0.05) is 17.1 Å². The van der Waals surface area contributed by atoms with Crippen LogP contribution >= 0.6 is 13.8 Å². The molecule has 0 spiro atoms. The van der Waals surface area contributed by atoms with E-state index >= 15 is 0 Å². The zero-order valence-corrected chi connectivity index (χ0v) is 7.82. The first-order valence-electron chi connectivity index (χ1n) is 0.632. The van der Waals surface area contributed by atoms with Gasteiger partial charge >= 0.3 is 28.5 Å². The zero-order valence-electron chi connectivity index (χ0n) is 1.96. The minimum absolute atomic E-state index is 0. The summed E-state index contributed by atoms with van der Waals surface area (Å²) in [6.07, 6.45) is 0. The van der Waals surface area contributed by atoms with E-state index in [2.05, 4.69) is 13.8 Å². The van der Waals surface area contributed by atoms with Crippen molar-refractivity contribution < 1.29 is 31.8 Å². The van der Waals surface area contributed by atoms with Gasteiger partial charge in [0.1, 0.15) is 0 Å². The summed E-state index contributed by atoms with van der Waals surface area (Å²) in [5, 5.41) is 0. The van der Waals surface area contributed by atoms with E-state index in [1.807, 2.05) is 0 Å². The molecule has 0 aliphatic heterocycles. The van der Waals surface area contributed by atoms with Gasteiger partial charge in [-0.3, -0.25) is 0 Å². The van der Waals surface area contributed by atoms with Crippen LogP contribution in [0.4, 0.5) is 0 Å². The maximum absolute atomic E-state index is 3.84. The van der Waals surface area contributed by atoms with Crippen LogP contribution in [0.25, 0.3) is 0 Å². The van der Waals surface area contributed by atoms with E-state index in [1.165, 1.54) is 0 Å². The Bertz CT molecular complexity index is 79.2. The van der Waals surface area contributed by atoms with Gasteiger partial charge in [-0.15, -0.1) is 0 Å². The molecule has 0 saturated heterocycles. The van der Waals surface area contributed by atoms with Crippen molar-refractivity contribution >= 4 is 13.8 Å². The Hall–Kier alpha value is 2.00. The van der Waals surface area contributed by atoms with E-state index in [0.29, 0.717) is 0 Å². The first-order chi connectivity index (χ1) is 1.41. The molecular formula is FeP2Zn. The molecule has 0 unspecified atom stereocenters. The summed E-state index contributed by atoms with van der Waals surface area (Å²) in [7, 11) is 0. The van der Waals surface area contributed by atoms with E-state index < -0.39 is 14.7 Å². The summed E-state index contributed by atoms with van der Waals surface area (Å²) in [5.74, 6) is 0. The Morgan fingerprint density at radius 3 is 1.25 bits per heavy atom. The van der Waals surface area contributed by atoms with E-state index in [9.17, 15) is 0 Å². The van der Waals surface area contributed by atoms with Crippen LogP contribution in [0.5, 0.6) is 0 Å². The van der Waals surface area contributed by atoms with Gasteiger partial charge < -0.3 is 0 Å². The molecule has 0 amide bonds. The van der Waals surface area contributed by atoms with Crippen molar-refractivity contribution in [3.8, 4) is 0 Å². The van der Waals surface area contributed by atoms with Crippen LogP contribution in [-0.4, -0.2) is 0 Å². The fourth-order valence-corrected chi connectivity index (χ4v) is 0. The summed E-state index contributed by atoms with van der Waals surface area (Å²) in [6, 6.07) is 0. The molecule has 0 heterocycles. The average Bonchev–Trinajstić information content (AvgIpc) is 0.918. The first-order valence-corrected chi connectivity index (χ1v) is 9.86. The summed E-state index contributed by atoms with van der Waals surface area (Å²) < 4.78 is 0. The van der Waals surface area contributed by atoms with Gasteiger partial charge in [0.25, 0.3) is 0 Å². The molecule has 20 valence electrons. The summed E-state index contributed by atoms with van der Waals surface area (Å²) >= 11 is -0.486. The molecule has 0 aliphatic carbocycles. The Kier molecular flexibility index (Phi) is 20.8. The molecule has 0 atom stereocenters. The van der Waals surface area contributed by atoms with Crippen LogP contribution in [0.15, 0.2) is 0 Å². The fourth-order valence-electron chi connectivity index (χ4n) is 0. The van der Waals surface area contributed by atoms with Gasteiger partial charge in [0.05, 0.1) is 0 Å². The second kappa shape index (κ2) is 8.89. The first kappa shape index (κ1) is 9.38. The third kappa shape index (κ3) is 9.00. The van der Waals surface area contributed by atoms with Crippen molar-refractivity contribution in [2.75, 3.05) is 0 Å². The molecule has 0 N–H and O–H groups in total. The average molecular weight is 183 g/mol. The molecule has 0 bridgehead atoms. The Labute approximate surface area is 45.6 Å². The molecule has 0 fully saturated rings. The summed E-state index contributed by atoms with van der Waals surface area (Å²) in [4.78, 5) is 0. The van der Waals surface area contributed by atoms with Crippen molar-refractivity contribution in [3.63, 3.8) is 0 Å². The van der Waals surface area contributed by atoms with E-state index in [4.69, 9.17) is 0 Å². The van der Waals surface area contributed by atoms with Crippen LogP contribution in [0, 0.1) is 0 Å². The second-order valence-electron chi connectivity index (χ2n) is 0.141. The van der Waals surface area contributed by atoms with E-state index in [0.717, 1.165) is 0 Å². The van der Waals surface area contributed by atoms with E-state index in [-0.39, 0.29) is 17.1 Å². The third-order valence-corrected chi connectivity index (χ3v) is 0.